The average molecular weight is 277 g/mol. The Morgan fingerprint density at radius 2 is 2.06 bits per heavy atom. The summed E-state index contributed by atoms with van der Waals surface area (Å²) in [4.78, 5) is 0. The van der Waals surface area contributed by atoms with Gasteiger partial charge in [-0.05, 0) is 19.3 Å². The predicted octanol–water partition coefficient (Wildman–Crippen LogP) is 1.15. The van der Waals surface area contributed by atoms with Crippen LogP contribution < -0.4 is 10.5 Å². The summed E-state index contributed by atoms with van der Waals surface area (Å²) in [6.45, 7) is 1.87. The molecule has 0 aromatic rings. The van der Waals surface area contributed by atoms with Gasteiger partial charge in [0.05, 0.1) is 5.25 Å². The normalized spacial score (nSPS) is 20.8. The number of hydrogen-bond donors (Lipinski definition) is 3. The Kier molecular flexibility index (Phi) is 5.87. The van der Waals surface area contributed by atoms with Gasteiger partial charge >= 0.3 is 0 Å². The molecule has 0 spiro atoms. The van der Waals surface area contributed by atoms with Gasteiger partial charge in [-0.2, -0.15) is 0 Å². The molecule has 6 nitrogen and oxygen atoms in total. The second-order valence-corrected chi connectivity index (χ2v) is 6.82. The summed E-state index contributed by atoms with van der Waals surface area (Å²) < 4.78 is 27.0. The molecule has 0 aromatic carbocycles. The quantitative estimate of drug-likeness (QED) is 0.293. The number of rotatable bonds is 6. The van der Waals surface area contributed by atoms with Crippen LogP contribution in [0.4, 0.5) is 0 Å². The van der Waals surface area contributed by atoms with Gasteiger partial charge in [-0.3, -0.25) is 0 Å². The lowest BCUT2D eigenvalue weighted by Crippen LogP contribution is -2.43. The molecule has 1 aliphatic rings. The molecule has 1 fully saturated rings. The minimum absolute atomic E-state index is 0.0493. The fourth-order valence-electron chi connectivity index (χ4n) is 2.27. The number of nitrogens with two attached hydrogens (primary N) is 1. The monoisotopic (exact) mass is 277 g/mol. The summed E-state index contributed by atoms with van der Waals surface area (Å²) >= 11 is 0. The molecule has 7 heteroatoms. The lowest BCUT2D eigenvalue weighted by atomic mass is 10.0. The maximum Gasteiger partial charge on any atom is 0.214 e. The van der Waals surface area contributed by atoms with Gasteiger partial charge in [-0.1, -0.05) is 31.3 Å². The Labute approximate surface area is 109 Å². The molecule has 4 N–H and O–H groups in total. The van der Waals surface area contributed by atoms with Crippen molar-refractivity contribution in [1.29, 1.82) is 0 Å². The third-order valence-corrected chi connectivity index (χ3v) is 5.41. The van der Waals surface area contributed by atoms with Crippen LogP contribution in [0.25, 0.3) is 0 Å². The number of nitrogens with one attached hydrogen (secondary N) is 1. The zero-order valence-electron chi connectivity index (χ0n) is 10.8. The molecule has 106 valence electrons. The lowest BCUT2D eigenvalue weighted by Gasteiger charge is -2.25. The van der Waals surface area contributed by atoms with Crippen molar-refractivity contribution in [3.63, 3.8) is 0 Å². The first-order chi connectivity index (χ1) is 8.49. The van der Waals surface area contributed by atoms with Gasteiger partial charge in [0.2, 0.25) is 10.0 Å². The summed E-state index contributed by atoms with van der Waals surface area (Å²) in [7, 11) is -3.29. The van der Waals surface area contributed by atoms with Crippen molar-refractivity contribution in [2.45, 2.75) is 63.2 Å². The third-order valence-electron chi connectivity index (χ3n) is 3.40. The molecule has 0 saturated heterocycles. The highest BCUT2D eigenvalue weighted by atomic mass is 32.2. The Hall–Kier alpha value is -0.820. The van der Waals surface area contributed by atoms with E-state index < -0.39 is 10.0 Å². The lowest BCUT2D eigenvalue weighted by molar-refractivity contribution is 0.316. The summed E-state index contributed by atoms with van der Waals surface area (Å²) in [6, 6.07) is -0.298. The van der Waals surface area contributed by atoms with E-state index in [1.54, 1.807) is 0 Å². The minimum Gasteiger partial charge on any atom is -0.409 e. The highest BCUT2D eigenvalue weighted by Gasteiger charge is 2.29. The minimum atomic E-state index is -3.29. The number of nitrogens with zero attached hydrogens (tertiary/aromatic N) is 1. The number of oxime groups is 1. The van der Waals surface area contributed by atoms with Gasteiger partial charge in [-0.15, -0.1) is 0 Å². The van der Waals surface area contributed by atoms with Crippen LogP contribution in [-0.4, -0.2) is 30.8 Å². The predicted molar refractivity (Wildman–Crippen MR) is 71.0 cm³/mol. The van der Waals surface area contributed by atoms with Crippen molar-refractivity contribution in [3.05, 3.63) is 0 Å². The fourth-order valence-corrected chi connectivity index (χ4v) is 4.13. The zero-order valence-corrected chi connectivity index (χ0v) is 11.6. The van der Waals surface area contributed by atoms with Crippen molar-refractivity contribution >= 4 is 15.9 Å². The molecule has 18 heavy (non-hydrogen) atoms. The Morgan fingerprint density at radius 1 is 1.44 bits per heavy atom. The summed E-state index contributed by atoms with van der Waals surface area (Å²) in [5, 5.41) is 11.1. The second kappa shape index (κ2) is 6.94. The van der Waals surface area contributed by atoms with E-state index in [0.29, 0.717) is 6.42 Å². The highest BCUT2D eigenvalue weighted by Crippen LogP contribution is 2.23. The molecule has 0 aromatic heterocycles. The topological polar surface area (TPSA) is 105 Å². The van der Waals surface area contributed by atoms with Gasteiger partial charge in [0.15, 0.2) is 0 Å². The van der Waals surface area contributed by atoms with Crippen LogP contribution in [0.5, 0.6) is 0 Å². The van der Waals surface area contributed by atoms with Crippen LogP contribution in [0, 0.1) is 0 Å². The molecule has 0 aliphatic heterocycles. The van der Waals surface area contributed by atoms with Crippen LogP contribution in [0.2, 0.25) is 0 Å². The number of sulfonamides is 1. The maximum atomic E-state index is 12.2. The molecule has 1 rings (SSSR count). The van der Waals surface area contributed by atoms with E-state index >= 15 is 0 Å². The van der Waals surface area contributed by atoms with E-state index in [2.05, 4.69) is 9.88 Å². The van der Waals surface area contributed by atoms with Crippen molar-refractivity contribution < 1.29 is 13.6 Å². The summed E-state index contributed by atoms with van der Waals surface area (Å²) in [5.41, 5.74) is 5.41. The molecule has 1 unspecified atom stereocenters. The average Bonchev–Trinajstić information content (AvgIpc) is 2.38. The first kappa shape index (κ1) is 15.2. The molecule has 1 aliphatic carbocycles. The SMILES string of the molecule is CCC(CC(N)=NO)NS(=O)(=O)C1CCCCC1. The van der Waals surface area contributed by atoms with Gasteiger partial charge < -0.3 is 10.9 Å². The highest BCUT2D eigenvalue weighted by molar-refractivity contribution is 7.90. The van der Waals surface area contributed by atoms with E-state index in [0.717, 1.165) is 32.1 Å². The molecule has 0 radical (unpaired) electrons. The van der Waals surface area contributed by atoms with Crippen molar-refractivity contribution in [2.24, 2.45) is 10.9 Å². The summed E-state index contributed by atoms with van der Waals surface area (Å²) in [5.74, 6) is 0.0493. The molecule has 0 heterocycles. The second-order valence-electron chi connectivity index (χ2n) is 4.82. The molecular weight excluding hydrogens is 254 g/mol. The van der Waals surface area contributed by atoms with Crippen molar-refractivity contribution in [3.8, 4) is 0 Å². The van der Waals surface area contributed by atoms with Crippen LogP contribution in [0.3, 0.4) is 0 Å². The van der Waals surface area contributed by atoms with Gasteiger partial charge in [0.1, 0.15) is 5.84 Å². The van der Waals surface area contributed by atoms with Crippen LogP contribution in [0.1, 0.15) is 51.9 Å². The largest absolute Gasteiger partial charge is 0.409 e. The van der Waals surface area contributed by atoms with Gasteiger partial charge in [0, 0.05) is 12.5 Å². The standard InChI is InChI=1S/C11H23N3O3S/c1-2-9(8-11(12)13-15)14-18(16,17)10-6-4-3-5-7-10/h9-10,14-15H,2-8H2,1H3,(H2,12,13). The van der Waals surface area contributed by atoms with Crippen LogP contribution in [-0.2, 0) is 10.0 Å². The molecular formula is C11H23N3O3S. The van der Waals surface area contributed by atoms with Crippen LogP contribution >= 0.6 is 0 Å². The van der Waals surface area contributed by atoms with E-state index in [9.17, 15) is 8.42 Å². The number of amidine groups is 1. The van der Waals surface area contributed by atoms with E-state index in [1.165, 1.54) is 0 Å². The first-order valence-electron chi connectivity index (χ1n) is 6.47. The van der Waals surface area contributed by atoms with E-state index in [4.69, 9.17) is 10.9 Å². The molecule has 1 atom stereocenters. The van der Waals surface area contributed by atoms with Gasteiger partial charge in [0.25, 0.3) is 0 Å². The van der Waals surface area contributed by atoms with Crippen LogP contribution in [0.15, 0.2) is 5.16 Å². The Bertz CT molecular complexity index is 375. The fraction of sp³-hybridized carbons (Fsp3) is 0.909. The third kappa shape index (κ3) is 4.45. The summed E-state index contributed by atoms with van der Waals surface area (Å²) in [6.07, 6.45) is 5.38. The maximum absolute atomic E-state index is 12.2. The van der Waals surface area contributed by atoms with Crippen molar-refractivity contribution in [2.75, 3.05) is 0 Å². The van der Waals surface area contributed by atoms with E-state index in [-0.39, 0.29) is 23.5 Å². The Morgan fingerprint density at radius 3 is 2.56 bits per heavy atom. The molecule has 0 amide bonds. The number of hydrogen-bond acceptors (Lipinski definition) is 4. The van der Waals surface area contributed by atoms with E-state index in [1.807, 2.05) is 6.92 Å². The molecule has 0 bridgehead atoms. The van der Waals surface area contributed by atoms with Gasteiger partial charge in [-0.25, -0.2) is 13.1 Å². The Balaban J connectivity index is 2.61. The molecule has 1 saturated carbocycles. The van der Waals surface area contributed by atoms with Crippen molar-refractivity contribution in [1.82, 2.24) is 4.72 Å². The zero-order chi connectivity index (χ0) is 13.6. The first-order valence-corrected chi connectivity index (χ1v) is 8.01. The smallest absolute Gasteiger partial charge is 0.214 e.